The Morgan fingerprint density at radius 1 is 1.56 bits per heavy atom. The summed E-state index contributed by atoms with van der Waals surface area (Å²) in [7, 11) is -5.12. The maximum absolute atomic E-state index is 10.2. The summed E-state index contributed by atoms with van der Waals surface area (Å²) in [5.41, 5.74) is 0. The van der Waals surface area contributed by atoms with Gasteiger partial charge < -0.3 is 14.9 Å². The molecule has 0 spiro atoms. The van der Waals surface area contributed by atoms with Gasteiger partial charge in [-0.1, -0.05) is 0 Å². The molecule has 0 saturated carbocycles. The van der Waals surface area contributed by atoms with Crippen molar-refractivity contribution in [1.29, 1.82) is 0 Å². The fourth-order valence-corrected chi connectivity index (χ4v) is 0.581. The summed E-state index contributed by atoms with van der Waals surface area (Å²) in [6, 6.07) is 0. The number of hydrogen-bond acceptors (Lipinski definition) is 5. The van der Waals surface area contributed by atoms with Gasteiger partial charge in [-0.2, -0.15) is 0 Å². The Hall–Kier alpha value is 0.525. The first-order valence-corrected chi connectivity index (χ1v) is 3.70. The van der Waals surface area contributed by atoms with Crippen LogP contribution in [0.25, 0.3) is 0 Å². The van der Waals surface area contributed by atoms with Crippen molar-refractivity contribution in [2.24, 2.45) is 0 Å². The van der Waals surface area contributed by atoms with Gasteiger partial charge in [0.2, 0.25) is 0 Å². The van der Waals surface area contributed by atoms with Crippen LogP contribution in [-0.4, -0.2) is 22.3 Å². The Kier molecular flexibility index (Phi) is 3.85. The van der Waals surface area contributed by atoms with Crippen LogP contribution >= 0.6 is 17.3 Å². The Balaban J connectivity index is 3.73. The summed E-state index contributed by atoms with van der Waals surface area (Å²) in [4.78, 5) is 8.26. The van der Waals surface area contributed by atoms with Gasteiger partial charge in [0.05, 0.1) is 0 Å². The van der Waals surface area contributed by atoms with E-state index in [9.17, 15) is 4.57 Å². The highest BCUT2D eigenvalue weighted by molar-refractivity contribution is 7.53. The SMILES string of the molecule is O=P(O)(OP)OB(O)O. The molecule has 0 bridgehead atoms. The van der Waals surface area contributed by atoms with Crippen molar-refractivity contribution in [2.45, 2.75) is 0 Å². The minimum Gasteiger partial charge on any atom is -0.401 e. The third kappa shape index (κ3) is 4.99. The van der Waals surface area contributed by atoms with Gasteiger partial charge in [-0.3, -0.25) is 8.75 Å². The fraction of sp³-hybridized carbons (Fsp3) is 0. The molecular formula is H5BO6P2. The minimum absolute atomic E-state index is 1.45. The Morgan fingerprint density at radius 3 is 2.11 bits per heavy atom. The molecule has 2 unspecified atom stereocenters. The molecule has 0 heterocycles. The first-order valence-electron chi connectivity index (χ1n) is 1.74. The fourth-order valence-electron chi connectivity index (χ4n) is 0.144. The Labute approximate surface area is 53.9 Å². The highest BCUT2D eigenvalue weighted by Gasteiger charge is 2.26. The Morgan fingerprint density at radius 2 is 2.00 bits per heavy atom. The predicted octanol–water partition coefficient (Wildman–Crippen LogP) is -1.12. The van der Waals surface area contributed by atoms with E-state index in [2.05, 4.69) is 8.75 Å². The molecule has 9 heavy (non-hydrogen) atoms. The van der Waals surface area contributed by atoms with E-state index in [1.54, 1.807) is 0 Å². The molecule has 0 rings (SSSR count). The molecule has 0 aliphatic rings. The maximum atomic E-state index is 10.2. The summed E-state index contributed by atoms with van der Waals surface area (Å²) >= 11 is 0. The largest absolute Gasteiger partial charge is 0.642 e. The van der Waals surface area contributed by atoms with Crippen molar-refractivity contribution >= 4 is 24.6 Å². The number of rotatable bonds is 3. The lowest BCUT2D eigenvalue weighted by molar-refractivity contribution is 0.231. The van der Waals surface area contributed by atoms with Gasteiger partial charge in [0.15, 0.2) is 0 Å². The molecule has 0 aliphatic heterocycles. The van der Waals surface area contributed by atoms with Crippen LogP contribution in [0.1, 0.15) is 0 Å². The zero-order valence-corrected chi connectivity index (χ0v) is 6.22. The maximum Gasteiger partial charge on any atom is 0.642 e. The van der Waals surface area contributed by atoms with E-state index in [1.165, 1.54) is 9.47 Å². The normalized spacial score (nSPS) is 16.9. The van der Waals surface area contributed by atoms with E-state index < -0.39 is 15.1 Å². The quantitative estimate of drug-likeness (QED) is 0.370. The van der Waals surface area contributed by atoms with E-state index in [-0.39, 0.29) is 0 Å². The van der Waals surface area contributed by atoms with E-state index in [0.29, 0.717) is 0 Å². The van der Waals surface area contributed by atoms with Gasteiger partial charge in [0.25, 0.3) is 0 Å². The first kappa shape index (κ1) is 9.52. The molecule has 3 N–H and O–H groups in total. The average molecular weight is 174 g/mol. The highest BCUT2D eigenvalue weighted by atomic mass is 31.2. The smallest absolute Gasteiger partial charge is 0.401 e. The van der Waals surface area contributed by atoms with Crippen LogP contribution < -0.4 is 0 Å². The van der Waals surface area contributed by atoms with Crippen LogP contribution in [0.2, 0.25) is 0 Å². The summed E-state index contributed by atoms with van der Waals surface area (Å²) in [5, 5.41) is 15.9. The van der Waals surface area contributed by atoms with Crippen molar-refractivity contribution in [3.05, 3.63) is 0 Å². The summed E-state index contributed by atoms with van der Waals surface area (Å²) < 4.78 is 17.5. The van der Waals surface area contributed by atoms with Crippen LogP contribution in [0, 0.1) is 0 Å². The molecule has 0 aromatic carbocycles. The highest BCUT2D eigenvalue weighted by Crippen LogP contribution is 2.45. The van der Waals surface area contributed by atoms with E-state index in [0.717, 1.165) is 0 Å². The van der Waals surface area contributed by atoms with Crippen molar-refractivity contribution in [3.63, 3.8) is 0 Å². The predicted molar refractivity (Wildman–Crippen MR) is 31.9 cm³/mol. The molecule has 0 fully saturated rings. The molecule has 2 atom stereocenters. The molecule has 0 aromatic heterocycles. The van der Waals surface area contributed by atoms with Gasteiger partial charge in [-0.25, -0.2) is 4.57 Å². The lowest BCUT2D eigenvalue weighted by Crippen LogP contribution is -2.14. The molecular weight excluding hydrogens is 169 g/mol. The van der Waals surface area contributed by atoms with Crippen LogP contribution in [0.5, 0.6) is 0 Å². The third-order valence-corrected chi connectivity index (χ3v) is 1.88. The lowest BCUT2D eigenvalue weighted by atomic mass is 10.3. The monoisotopic (exact) mass is 174 g/mol. The van der Waals surface area contributed by atoms with Gasteiger partial charge in [-0.15, -0.1) is 0 Å². The molecule has 0 saturated heterocycles. The number of phosphoric acid groups is 1. The second kappa shape index (κ2) is 3.63. The third-order valence-electron chi connectivity index (χ3n) is 0.361. The van der Waals surface area contributed by atoms with Crippen LogP contribution in [-0.2, 0) is 13.3 Å². The van der Waals surface area contributed by atoms with E-state index >= 15 is 0 Å². The Bertz CT molecular complexity index is 120. The van der Waals surface area contributed by atoms with Crippen molar-refractivity contribution < 1.29 is 28.3 Å². The molecule has 0 radical (unpaired) electrons. The van der Waals surface area contributed by atoms with E-state index in [4.69, 9.17) is 14.9 Å². The van der Waals surface area contributed by atoms with Crippen molar-refractivity contribution in [1.82, 2.24) is 0 Å². The van der Waals surface area contributed by atoms with Crippen molar-refractivity contribution in [3.8, 4) is 0 Å². The van der Waals surface area contributed by atoms with Crippen LogP contribution in [0.4, 0.5) is 0 Å². The molecule has 54 valence electrons. The summed E-state index contributed by atoms with van der Waals surface area (Å²) in [6.45, 7) is 0. The first-order chi connectivity index (χ1) is 3.98. The van der Waals surface area contributed by atoms with Crippen molar-refractivity contribution in [2.75, 3.05) is 0 Å². The molecule has 0 amide bonds. The van der Waals surface area contributed by atoms with Gasteiger partial charge in [-0.05, 0) is 0 Å². The second-order valence-corrected chi connectivity index (χ2v) is 3.00. The topological polar surface area (TPSA) is 96.2 Å². The molecule has 6 nitrogen and oxygen atoms in total. The van der Waals surface area contributed by atoms with Gasteiger partial charge in [0, 0.05) is 9.47 Å². The minimum atomic E-state index is -4.27. The van der Waals surface area contributed by atoms with Crippen LogP contribution in [0.15, 0.2) is 0 Å². The number of hydrogen-bond donors (Lipinski definition) is 3. The second-order valence-electron chi connectivity index (χ2n) is 1.01. The standard InChI is InChI=1S/BH5O6P2/c2-1(3)6-9(4,5)7-8/h2-3H,8H2,(H,4,5). The summed E-state index contributed by atoms with van der Waals surface area (Å²) in [5.74, 6) is 0. The zero-order valence-electron chi connectivity index (χ0n) is 4.17. The van der Waals surface area contributed by atoms with Gasteiger partial charge >= 0.3 is 15.1 Å². The van der Waals surface area contributed by atoms with Crippen LogP contribution in [0.3, 0.4) is 0 Å². The van der Waals surface area contributed by atoms with Gasteiger partial charge in [0.1, 0.15) is 0 Å². The zero-order chi connectivity index (χ0) is 7.49. The summed E-state index contributed by atoms with van der Waals surface area (Å²) in [6.07, 6.45) is 0. The molecule has 0 aromatic rings. The van der Waals surface area contributed by atoms with E-state index in [1.807, 2.05) is 0 Å². The molecule has 9 heteroatoms. The molecule has 0 aliphatic carbocycles. The average Bonchev–Trinajstić information content (AvgIpc) is 1.63. The lowest BCUT2D eigenvalue weighted by Gasteiger charge is -2.06.